The Balaban J connectivity index is 2.75. The predicted molar refractivity (Wildman–Crippen MR) is 73.5 cm³/mol. The number of hydrogen-bond acceptors (Lipinski definition) is 4. The van der Waals surface area contributed by atoms with Crippen LogP contribution >= 0.6 is 0 Å². The standard InChI is InChI=1S/C13H24N4/c1-5-8-14-13-15-9-10(4)12(17-13)16-11(6-2)7-3/h9,11H,5-8H2,1-4H3,(H2,14,15,16,17). The van der Waals surface area contributed by atoms with E-state index in [0.717, 1.165) is 37.2 Å². The minimum Gasteiger partial charge on any atom is -0.367 e. The molecule has 1 aromatic heterocycles. The fourth-order valence-corrected chi connectivity index (χ4v) is 1.60. The smallest absolute Gasteiger partial charge is 0.224 e. The van der Waals surface area contributed by atoms with E-state index in [4.69, 9.17) is 0 Å². The van der Waals surface area contributed by atoms with Crippen LogP contribution in [0.3, 0.4) is 0 Å². The lowest BCUT2D eigenvalue weighted by molar-refractivity contribution is 0.667. The van der Waals surface area contributed by atoms with Crippen molar-refractivity contribution >= 4 is 11.8 Å². The molecule has 0 aliphatic rings. The summed E-state index contributed by atoms with van der Waals surface area (Å²) in [6, 6.07) is 0.489. The lowest BCUT2D eigenvalue weighted by atomic mass is 10.1. The van der Waals surface area contributed by atoms with Gasteiger partial charge in [0.2, 0.25) is 5.95 Å². The van der Waals surface area contributed by atoms with E-state index in [1.54, 1.807) is 0 Å². The first-order chi connectivity index (χ1) is 8.21. The second-order valence-electron chi connectivity index (χ2n) is 4.31. The van der Waals surface area contributed by atoms with Gasteiger partial charge < -0.3 is 10.6 Å². The molecule has 0 bridgehead atoms. The normalized spacial score (nSPS) is 10.6. The molecule has 1 rings (SSSR count). The van der Waals surface area contributed by atoms with Crippen molar-refractivity contribution in [2.24, 2.45) is 0 Å². The fourth-order valence-electron chi connectivity index (χ4n) is 1.60. The number of nitrogens with zero attached hydrogens (tertiary/aromatic N) is 2. The SMILES string of the molecule is CCCNc1ncc(C)c(NC(CC)CC)n1. The van der Waals surface area contributed by atoms with Gasteiger partial charge in [0, 0.05) is 24.3 Å². The first-order valence-corrected chi connectivity index (χ1v) is 6.55. The number of aryl methyl sites for hydroxylation is 1. The summed E-state index contributed by atoms with van der Waals surface area (Å²) in [5, 5.41) is 6.68. The van der Waals surface area contributed by atoms with Gasteiger partial charge in [-0.25, -0.2) is 4.98 Å². The summed E-state index contributed by atoms with van der Waals surface area (Å²) in [6.45, 7) is 9.45. The number of anilines is 2. The molecule has 0 saturated heterocycles. The summed E-state index contributed by atoms with van der Waals surface area (Å²) in [6.07, 6.45) is 5.16. The number of hydrogen-bond donors (Lipinski definition) is 2. The molecule has 0 amide bonds. The van der Waals surface area contributed by atoms with Crippen LogP contribution in [0.25, 0.3) is 0 Å². The topological polar surface area (TPSA) is 49.8 Å². The maximum Gasteiger partial charge on any atom is 0.224 e. The molecule has 17 heavy (non-hydrogen) atoms. The zero-order chi connectivity index (χ0) is 12.7. The van der Waals surface area contributed by atoms with Crippen LogP contribution in [0.2, 0.25) is 0 Å². The van der Waals surface area contributed by atoms with Crippen molar-refractivity contribution in [3.05, 3.63) is 11.8 Å². The first kappa shape index (κ1) is 13.7. The van der Waals surface area contributed by atoms with E-state index in [1.165, 1.54) is 0 Å². The van der Waals surface area contributed by atoms with Crippen molar-refractivity contribution in [3.63, 3.8) is 0 Å². The molecule has 96 valence electrons. The lowest BCUT2D eigenvalue weighted by Gasteiger charge is -2.17. The third kappa shape index (κ3) is 4.21. The Morgan fingerprint density at radius 3 is 2.53 bits per heavy atom. The number of nitrogens with one attached hydrogen (secondary N) is 2. The van der Waals surface area contributed by atoms with Crippen molar-refractivity contribution in [2.45, 2.75) is 53.0 Å². The summed E-state index contributed by atoms with van der Waals surface area (Å²) in [5.41, 5.74) is 1.10. The van der Waals surface area contributed by atoms with E-state index in [9.17, 15) is 0 Å². The highest BCUT2D eigenvalue weighted by Crippen LogP contribution is 2.15. The summed E-state index contributed by atoms with van der Waals surface area (Å²) in [5.74, 6) is 1.67. The summed E-state index contributed by atoms with van der Waals surface area (Å²) >= 11 is 0. The van der Waals surface area contributed by atoms with E-state index in [0.29, 0.717) is 12.0 Å². The largest absolute Gasteiger partial charge is 0.367 e. The van der Waals surface area contributed by atoms with Crippen LogP contribution in [0.1, 0.15) is 45.6 Å². The lowest BCUT2D eigenvalue weighted by Crippen LogP contribution is -2.19. The summed E-state index contributed by atoms with van der Waals surface area (Å²) in [4.78, 5) is 8.79. The predicted octanol–water partition coefficient (Wildman–Crippen LogP) is 3.21. The second kappa shape index (κ2) is 7.09. The van der Waals surface area contributed by atoms with E-state index in [-0.39, 0.29) is 0 Å². The highest BCUT2D eigenvalue weighted by atomic mass is 15.1. The molecule has 0 atom stereocenters. The summed E-state index contributed by atoms with van der Waals surface area (Å²) in [7, 11) is 0. The average Bonchev–Trinajstić information content (AvgIpc) is 2.36. The molecule has 0 spiro atoms. The molecular formula is C13H24N4. The quantitative estimate of drug-likeness (QED) is 0.763. The molecule has 4 heteroatoms. The Bertz CT molecular complexity index is 334. The monoisotopic (exact) mass is 236 g/mol. The van der Waals surface area contributed by atoms with Gasteiger partial charge in [0.1, 0.15) is 5.82 Å². The Morgan fingerprint density at radius 2 is 1.94 bits per heavy atom. The Kier molecular flexibility index (Phi) is 5.73. The molecule has 2 N–H and O–H groups in total. The maximum absolute atomic E-state index is 4.51. The van der Waals surface area contributed by atoms with Gasteiger partial charge in [-0.3, -0.25) is 0 Å². The zero-order valence-corrected chi connectivity index (χ0v) is 11.4. The van der Waals surface area contributed by atoms with Crippen LogP contribution in [0.5, 0.6) is 0 Å². The van der Waals surface area contributed by atoms with Gasteiger partial charge in [0.25, 0.3) is 0 Å². The number of aromatic nitrogens is 2. The van der Waals surface area contributed by atoms with Crippen molar-refractivity contribution in [1.29, 1.82) is 0 Å². The molecule has 0 fully saturated rings. The molecule has 1 aromatic rings. The minimum absolute atomic E-state index is 0.489. The van der Waals surface area contributed by atoms with Gasteiger partial charge in [0.15, 0.2) is 0 Å². The Labute approximate surface area is 104 Å². The van der Waals surface area contributed by atoms with Crippen LogP contribution in [-0.4, -0.2) is 22.6 Å². The summed E-state index contributed by atoms with van der Waals surface area (Å²) < 4.78 is 0. The van der Waals surface area contributed by atoms with Crippen molar-refractivity contribution < 1.29 is 0 Å². The van der Waals surface area contributed by atoms with Crippen LogP contribution in [0.15, 0.2) is 6.20 Å². The number of rotatable bonds is 7. The Hall–Kier alpha value is -1.32. The molecule has 0 aliphatic heterocycles. The molecule has 0 radical (unpaired) electrons. The molecule has 0 aliphatic carbocycles. The average molecular weight is 236 g/mol. The van der Waals surface area contributed by atoms with E-state index in [2.05, 4.69) is 41.4 Å². The molecule has 1 heterocycles. The van der Waals surface area contributed by atoms with Crippen molar-refractivity contribution in [2.75, 3.05) is 17.2 Å². The van der Waals surface area contributed by atoms with Gasteiger partial charge in [-0.15, -0.1) is 0 Å². The van der Waals surface area contributed by atoms with Gasteiger partial charge in [-0.05, 0) is 26.2 Å². The van der Waals surface area contributed by atoms with Gasteiger partial charge >= 0.3 is 0 Å². The molecular weight excluding hydrogens is 212 g/mol. The van der Waals surface area contributed by atoms with Gasteiger partial charge in [-0.2, -0.15) is 4.98 Å². The van der Waals surface area contributed by atoms with Gasteiger partial charge in [0.05, 0.1) is 0 Å². The van der Waals surface area contributed by atoms with Crippen molar-refractivity contribution in [3.8, 4) is 0 Å². The maximum atomic E-state index is 4.51. The zero-order valence-electron chi connectivity index (χ0n) is 11.4. The highest BCUT2D eigenvalue weighted by Gasteiger charge is 2.08. The Morgan fingerprint density at radius 1 is 1.24 bits per heavy atom. The first-order valence-electron chi connectivity index (χ1n) is 6.55. The molecule has 0 aromatic carbocycles. The second-order valence-corrected chi connectivity index (χ2v) is 4.31. The fraction of sp³-hybridized carbons (Fsp3) is 0.692. The van der Waals surface area contributed by atoms with Gasteiger partial charge in [-0.1, -0.05) is 20.8 Å². The van der Waals surface area contributed by atoms with Crippen LogP contribution in [0.4, 0.5) is 11.8 Å². The molecule has 0 unspecified atom stereocenters. The third-order valence-electron chi connectivity index (χ3n) is 2.83. The van der Waals surface area contributed by atoms with Crippen LogP contribution in [-0.2, 0) is 0 Å². The minimum atomic E-state index is 0.489. The van der Waals surface area contributed by atoms with Crippen LogP contribution < -0.4 is 10.6 Å². The van der Waals surface area contributed by atoms with Crippen molar-refractivity contribution in [1.82, 2.24) is 9.97 Å². The van der Waals surface area contributed by atoms with E-state index < -0.39 is 0 Å². The van der Waals surface area contributed by atoms with Crippen LogP contribution in [0, 0.1) is 6.92 Å². The van der Waals surface area contributed by atoms with E-state index >= 15 is 0 Å². The third-order valence-corrected chi connectivity index (χ3v) is 2.83. The molecule has 4 nitrogen and oxygen atoms in total. The highest BCUT2D eigenvalue weighted by molar-refractivity contribution is 5.47. The van der Waals surface area contributed by atoms with E-state index in [1.807, 2.05) is 13.1 Å². The molecule has 0 saturated carbocycles.